The van der Waals surface area contributed by atoms with Gasteiger partial charge in [-0.15, -0.1) is 0 Å². The van der Waals surface area contributed by atoms with Crippen molar-refractivity contribution in [2.75, 3.05) is 0 Å². The van der Waals surface area contributed by atoms with Gasteiger partial charge >= 0.3 is 0 Å². The van der Waals surface area contributed by atoms with E-state index in [1.165, 1.54) is 5.56 Å². The molecule has 4 heteroatoms. The van der Waals surface area contributed by atoms with Gasteiger partial charge in [0, 0.05) is 23.5 Å². The van der Waals surface area contributed by atoms with Crippen LogP contribution < -0.4 is 10.5 Å². The van der Waals surface area contributed by atoms with Crippen molar-refractivity contribution >= 4 is 5.91 Å². The molecule has 0 aliphatic heterocycles. The number of benzene rings is 3. The molecule has 162 valence electrons. The first-order valence-corrected chi connectivity index (χ1v) is 11.0. The number of para-hydroxylation sites is 1. The molecule has 0 unspecified atom stereocenters. The molecule has 0 spiro atoms. The summed E-state index contributed by atoms with van der Waals surface area (Å²) < 4.78 is 8.29. The lowest BCUT2D eigenvalue weighted by atomic mass is 9.98. The summed E-state index contributed by atoms with van der Waals surface area (Å²) in [6, 6.07) is 27.9. The van der Waals surface area contributed by atoms with Crippen LogP contribution in [0.1, 0.15) is 40.7 Å². The minimum atomic E-state index is -0.406. The van der Waals surface area contributed by atoms with Crippen molar-refractivity contribution in [3.05, 3.63) is 107 Å². The average molecular weight is 425 g/mol. The van der Waals surface area contributed by atoms with Crippen LogP contribution in [-0.2, 0) is 13.0 Å². The van der Waals surface area contributed by atoms with E-state index in [1.54, 1.807) is 0 Å². The highest BCUT2D eigenvalue weighted by molar-refractivity contribution is 6.02. The van der Waals surface area contributed by atoms with Crippen molar-refractivity contribution in [3.63, 3.8) is 0 Å². The Morgan fingerprint density at radius 1 is 0.906 bits per heavy atom. The van der Waals surface area contributed by atoms with Crippen LogP contribution in [0.3, 0.4) is 0 Å². The molecule has 0 bridgehead atoms. The van der Waals surface area contributed by atoms with Gasteiger partial charge in [-0.05, 0) is 48.7 Å². The number of carbonyl (C=O) groups excluding carboxylic acids is 1. The molecule has 0 fully saturated rings. The van der Waals surface area contributed by atoms with Crippen LogP contribution in [-0.4, -0.2) is 10.5 Å². The maximum Gasteiger partial charge on any atom is 0.251 e. The van der Waals surface area contributed by atoms with Gasteiger partial charge in [-0.2, -0.15) is 0 Å². The number of rotatable bonds is 8. The van der Waals surface area contributed by atoms with E-state index in [4.69, 9.17) is 10.5 Å². The number of amides is 1. The zero-order valence-electron chi connectivity index (χ0n) is 18.5. The summed E-state index contributed by atoms with van der Waals surface area (Å²) in [7, 11) is 0. The highest BCUT2D eigenvalue weighted by Crippen LogP contribution is 2.36. The Balaban J connectivity index is 1.83. The largest absolute Gasteiger partial charge is 0.457 e. The number of carbonyl (C=O) groups is 1. The molecule has 0 aliphatic carbocycles. The highest BCUT2D eigenvalue weighted by Gasteiger charge is 2.24. The van der Waals surface area contributed by atoms with Gasteiger partial charge in [0.2, 0.25) is 0 Å². The Labute approximate surface area is 189 Å². The van der Waals surface area contributed by atoms with Gasteiger partial charge in [-0.25, -0.2) is 0 Å². The first kappa shape index (κ1) is 21.4. The Bertz CT molecular complexity index is 1210. The summed E-state index contributed by atoms with van der Waals surface area (Å²) in [4.78, 5) is 12.6. The van der Waals surface area contributed by atoms with Crippen LogP contribution >= 0.6 is 0 Å². The quantitative estimate of drug-likeness (QED) is 0.358. The second-order valence-corrected chi connectivity index (χ2v) is 7.91. The number of nitrogens with two attached hydrogens (primary N) is 1. The molecule has 32 heavy (non-hydrogen) atoms. The fourth-order valence-corrected chi connectivity index (χ4v) is 4.23. The van der Waals surface area contributed by atoms with Crippen molar-refractivity contribution in [1.29, 1.82) is 0 Å². The fourth-order valence-electron chi connectivity index (χ4n) is 4.23. The molecule has 1 heterocycles. The van der Waals surface area contributed by atoms with E-state index in [0.717, 1.165) is 46.9 Å². The molecule has 1 amide bonds. The third-order valence-electron chi connectivity index (χ3n) is 5.65. The van der Waals surface area contributed by atoms with Gasteiger partial charge in [0.1, 0.15) is 11.5 Å². The molecule has 0 atom stereocenters. The van der Waals surface area contributed by atoms with Gasteiger partial charge in [-0.1, -0.05) is 74.0 Å². The van der Waals surface area contributed by atoms with E-state index < -0.39 is 5.91 Å². The van der Waals surface area contributed by atoms with Crippen LogP contribution in [0.5, 0.6) is 11.5 Å². The molecule has 2 N–H and O–H groups in total. The smallest absolute Gasteiger partial charge is 0.251 e. The Kier molecular flexibility index (Phi) is 6.41. The number of nitrogens with zero attached hydrogens (tertiary/aromatic N) is 1. The third kappa shape index (κ3) is 4.45. The second kappa shape index (κ2) is 9.56. The van der Waals surface area contributed by atoms with E-state index >= 15 is 0 Å². The Morgan fingerprint density at radius 3 is 2.22 bits per heavy atom. The Morgan fingerprint density at radius 2 is 1.56 bits per heavy atom. The Hall–Kier alpha value is -3.79. The minimum absolute atomic E-state index is 0.406. The summed E-state index contributed by atoms with van der Waals surface area (Å²) in [6.07, 6.45) is 1.81. The lowest BCUT2D eigenvalue weighted by Crippen LogP contribution is -2.13. The van der Waals surface area contributed by atoms with E-state index in [-0.39, 0.29) is 0 Å². The maximum absolute atomic E-state index is 12.6. The van der Waals surface area contributed by atoms with Gasteiger partial charge in [0.05, 0.1) is 5.56 Å². The number of aromatic nitrogens is 1. The van der Waals surface area contributed by atoms with Gasteiger partial charge in [-0.3, -0.25) is 4.79 Å². The standard InChI is InChI=1S/C28H28N2O2/c1-3-11-25-27(22-14-10-17-24(18-22)32-23-15-8-5-9-16-23)26(28(29)31)20(2)30(25)19-21-12-6-4-7-13-21/h4-10,12-18H,3,11,19H2,1-2H3,(H2,29,31). The molecule has 0 aliphatic rings. The summed E-state index contributed by atoms with van der Waals surface area (Å²) in [5, 5.41) is 0. The third-order valence-corrected chi connectivity index (χ3v) is 5.65. The van der Waals surface area contributed by atoms with Crippen LogP contribution in [0.15, 0.2) is 84.9 Å². The predicted octanol–water partition coefficient (Wildman–Crippen LogP) is 6.36. The summed E-state index contributed by atoms with van der Waals surface area (Å²) in [5.41, 5.74) is 11.5. The van der Waals surface area contributed by atoms with Crippen LogP contribution in [0.25, 0.3) is 11.1 Å². The summed E-state index contributed by atoms with van der Waals surface area (Å²) in [5.74, 6) is 1.09. The van der Waals surface area contributed by atoms with Crippen molar-refractivity contribution < 1.29 is 9.53 Å². The first-order valence-electron chi connectivity index (χ1n) is 11.0. The maximum atomic E-state index is 12.6. The van der Waals surface area contributed by atoms with E-state index in [0.29, 0.717) is 12.1 Å². The number of primary amides is 1. The van der Waals surface area contributed by atoms with Crippen molar-refractivity contribution in [1.82, 2.24) is 4.57 Å². The molecular formula is C28H28N2O2. The van der Waals surface area contributed by atoms with Crippen molar-refractivity contribution in [3.8, 4) is 22.6 Å². The van der Waals surface area contributed by atoms with Crippen LogP contribution in [0.4, 0.5) is 0 Å². The molecule has 4 rings (SSSR count). The molecule has 0 saturated heterocycles. The zero-order valence-corrected chi connectivity index (χ0v) is 18.5. The molecular weight excluding hydrogens is 396 g/mol. The van der Waals surface area contributed by atoms with Crippen LogP contribution in [0, 0.1) is 6.92 Å². The monoisotopic (exact) mass is 424 g/mol. The SMILES string of the molecule is CCCc1c(-c2cccc(Oc3ccccc3)c2)c(C(N)=O)c(C)n1Cc1ccccc1. The molecule has 3 aromatic carbocycles. The molecule has 0 radical (unpaired) electrons. The normalized spacial score (nSPS) is 10.8. The van der Waals surface area contributed by atoms with Gasteiger partial charge < -0.3 is 15.0 Å². The van der Waals surface area contributed by atoms with E-state index in [2.05, 4.69) is 23.6 Å². The minimum Gasteiger partial charge on any atom is -0.457 e. The summed E-state index contributed by atoms with van der Waals surface area (Å²) >= 11 is 0. The zero-order chi connectivity index (χ0) is 22.5. The van der Waals surface area contributed by atoms with Crippen molar-refractivity contribution in [2.24, 2.45) is 5.73 Å². The number of hydrogen-bond acceptors (Lipinski definition) is 2. The first-order chi connectivity index (χ1) is 15.6. The lowest BCUT2D eigenvalue weighted by Gasteiger charge is -2.13. The lowest BCUT2D eigenvalue weighted by molar-refractivity contribution is 0.1000. The second-order valence-electron chi connectivity index (χ2n) is 7.91. The molecule has 1 aromatic heterocycles. The molecule has 4 aromatic rings. The fraction of sp³-hybridized carbons (Fsp3) is 0.179. The number of hydrogen-bond donors (Lipinski definition) is 1. The van der Waals surface area contributed by atoms with Gasteiger partial charge in [0.25, 0.3) is 5.91 Å². The molecule has 0 saturated carbocycles. The van der Waals surface area contributed by atoms with Crippen LogP contribution in [0.2, 0.25) is 0 Å². The van der Waals surface area contributed by atoms with Gasteiger partial charge in [0.15, 0.2) is 0 Å². The number of ether oxygens (including phenoxy) is 1. The van der Waals surface area contributed by atoms with E-state index in [9.17, 15) is 4.79 Å². The predicted molar refractivity (Wildman–Crippen MR) is 129 cm³/mol. The average Bonchev–Trinajstić information content (AvgIpc) is 3.07. The highest BCUT2D eigenvalue weighted by atomic mass is 16.5. The summed E-state index contributed by atoms with van der Waals surface area (Å²) in [6.45, 7) is 4.83. The van der Waals surface area contributed by atoms with E-state index in [1.807, 2.05) is 79.7 Å². The molecule has 4 nitrogen and oxygen atoms in total. The van der Waals surface area contributed by atoms with Crippen molar-refractivity contribution in [2.45, 2.75) is 33.2 Å². The topological polar surface area (TPSA) is 57.2 Å².